The molecule has 0 bridgehead atoms. The zero-order valence-corrected chi connectivity index (χ0v) is 15.0. The van der Waals surface area contributed by atoms with Gasteiger partial charge in [-0.1, -0.05) is 23.7 Å². The zero-order chi connectivity index (χ0) is 17.0. The van der Waals surface area contributed by atoms with Gasteiger partial charge in [0.2, 0.25) is 10.0 Å². The molecule has 0 amide bonds. The van der Waals surface area contributed by atoms with Crippen molar-refractivity contribution in [3.05, 3.63) is 63.1 Å². The van der Waals surface area contributed by atoms with Crippen molar-refractivity contribution in [3.8, 4) is 0 Å². The molecule has 2 aromatic carbocycles. The third-order valence-corrected chi connectivity index (χ3v) is 5.50. The highest BCUT2D eigenvalue weighted by Crippen LogP contribution is 2.21. The minimum absolute atomic E-state index is 0.0887. The number of hydrogen-bond acceptors (Lipinski definition) is 3. The number of carboxylic acids is 1. The summed E-state index contributed by atoms with van der Waals surface area (Å²) in [4.78, 5) is 11.0. The Kier molecular flexibility index (Phi) is 5.80. The Labute approximate surface area is 147 Å². The van der Waals surface area contributed by atoms with Crippen LogP contribution in [0.3, 0.4) is 0 Å². The molecule has 2 N–H and O–H groups in total. The van der Waals surface area contributed by atoms with Crippen molar-refractivity contribution < 1.29 is 18.3 Å². The van der Waals surface area contributed by atoms with Crippen LogP contribution in [0.15, 0.2) is 51.8 Å². The number of hydrogen-bond donors (Lipinski definition) is 2. The first kappa shape index (κ1) is 17.9. The largest absolute Gasteiger partial charge is 0.478 e. The van der Waals surface area contributed by atoms with Crippen molar-refractivity contribution >= 4 is 43.5 Å². The van der Waals surface area contributed by atoms with Crippen LogP contribution in [-0.2, 0) is 16.4 Å². The van der Waals surface area contributed by atoms with E-state index in [1.165, 1.54) is 12.1 Å². The molecule has 0 aliphatic rings. The maximum atomic E-state index is 12.2. The van der Waals surface area contributed by atoms with E-state index in [4.69, 9.17) is 16.7 Å². The van der Waals surface area contributed by atoms with Gasteiger partial charge in [-0.15, -0.1) is 0 Å². The summed E-state index contributed by atoms with van der Waals surface area (Å²) in [6, 6.07) is 11.0. The van der Waals surface area contributed by atoms with Gasteiger partial charge in [0.1, 0.15) is 0 Å². The first-order valence-electron chi connectivity index (χ1n) is 6.56. The summed E-state index contributed by atoms with van der Waals surface area (Å²) in [6.45, 7) is 0.197. The van der Waals surface area contributed by atoms with E-state index in [0.717, 1.165) is 11.6 Å². The molecule has 0 fully saturated rings. The van der Waals surface area contributed by atoms with Crippen LogP contribution in [-0.4, -0.2) is 26.0 Å². The fraction of sp³-hybridized carbons (Fsp3) is 0.133. The second-order valence-electron chi connectivity index (χ2n) is 4.72. The Bertz CT molecular complexity index is 822. The minimum Gasteiger partial charge on any atom is -0.478 e. The number of halogens is 2. The molecular weight excluding hydrogens is 406 g/mol. The Morgan fingerprint density at radius 3 is 2.43 bits per heavy atom. The highest BCUT2D eigenvalue weighted by molar-refractivity contribution is 9.10. The maximum Gasteiger partial charge on any atom is 0.336 e. The monoisotopic (exact) mass is 417 g/mol. The Morgan fingerprint density at radius 1 is 1.17 bits per heavy atom. The molecule has 0 spiro atoms. The predicted molar refractivity (Wildman–Crippen MR) is 91.4 cm³/mol. The van der Waals surface area contributed by atoms with Gasteiger partial charge < -0.3 is 5.11 Å². The summed E-state index contributed by atoms with van der Waals surface area (Å²) in [5.41, 5.74) is 0.838. The minimum atomic E-state index is -3.77. The van der Waals surface area contributed by atoms with Gasteiger partial charge >= 0.3 is 5.97 Å². The van der Waals surface area contributed by atoms with Crippen LogP contribution < -0.4 is 4.72 Å². The second-order valence-corrected chi connectivity index (χ2v) is 7.78. The average Bonchev–Trinajstić information content (AvgIpc) is 2.49. The summed E-state index contributed by atoms with van der Waals surface area (Å²) in [6.07, 6.45) is 0.499. The third kappa shape index (κ3) is 4.78. The number of aromatic carboxylic acids is 1. The summed E-state index contributed by atoms with van der Waals surface area (Å²) in [5, 5.41) is 9.66. The topological polar surface area (TPSA) is 83.5 Å². The van der Waals surface area contributed by atoms with Gasteiger partial charge in [-0.05, 0) is 58.2 Å². The van der Waals surface area contributed by atoms with Gasteiger partial charge in [0.15, 0.2) is 0 Å². The molecule has 122 valence electrons. The average molecular weight is 419 g/mol. The predicted octanol–water partition coefficient (Wildman–Crippen LogP) is 3.32. The standard InChI is InChI=1S/C15H13BrClNO4S/c16-14-6-5-12(9-13(14)15(19)20)23(21,22)18-8-7-10-1-3-11(17)4-2-10/h1-6,9,18H,7-8H2,(H,19,20). The second kappa shape index (κ2) is 7.44. The molecule has 2 rings (SSSR count). The van der Waals surface area contributed by atoms with Gasteiger partial charge in [-0.25, -0.2) is 17.9 Å². The van der Waals surface area contributed by atoms with Crippen LogP contribution in [0, 0.1) is 0 Å². The smallest absolute Gasteiger partial charge is 0.336 e. The number of carboxylic acid groups (broad SMARTS) is 1. The van der Waals surface area contributed by atoms with E-state index in [1.807, 2.05) is 12.1 Å². The van der Waals surface area contributed by atoms with Gasteiger partial charge in [-0.3, -0.25) is 0 Å². The highest BCUT2D eigenvalue weighted by atomic mass is 79.9. The van der Waals surface area contributed by atoms with E-state index in [9.17, 15) is 13.2 Å². The normalized spacial score (nSPS) is 11.4. The zero-order valence-electron chi connectivity index (χ0n) is 11.8. The van der Waals surface area contributed by atoms with Crippen LogP contribution in [0.1, 0.15) is 15.9 Å². The summed E-state index contributed by atoms with van der Waals surface area (Å²) in [5.74, 6) is -1.20. The molecule has 0 saturated heterocycles. The Morgan fingerprint density at radius 2 is 1.83 bits per heavy atom. The molecule has 0 unspecified atom stereocenters. The molecule has 2 aromatic rings. The van der Waals surface area contributed by atoms with E-state index in [-0.39, 0.29) is 17.0 Å². The summed E-state index contributed by atoms with van der Waals surface area (Å²) < 4.78 is 27.2. The molecule has 0 heterocycles. The number of carbonyl (C=O) groups is 1. The molecule has 0 aliphatic carbocycles. The van der Waals surface area contributed by atoms with Crippen molar-refractivity contribution in [2.75, 3.05) is 6.54 Å². The number of nitrogens with one attached hydrogen (secondary N) is 1. The molecular formula is C15H13BrClNO4S. The van der Waals surface area contributed by atoms with Crippen LogP contribution in [0.5, 0.6) is 0 Å². The van der Waals surface area contributed by atoms with Crippen LogP contribution in [0.2, 0.25) is 5.02 Å². The van der Waals surface area contributed by atoms with E-state index in [1.54, 1.807) is 12.1 Å². The van der Waals surface area contributed by atoms with Crippen molar-refractivity contribution in [1.82, 2.24) is 4.72 Å². The third-order valence-electron chi connectivity index (χ3n) is 3.10. The van der Waals surface area contributed by atoms with Crippen LogP contribution >= 0.6 is 27.5 Å². The molecule has 8 heteroatoms. The first-order valence-corrected chi connectivity index (χ1v) is 9.22. The van der Waals surface area contributed by atoms with Gasteiger partial charge in [0.25, 0.3) is 0 Å². The fourth-order valence-electron chi connectivity index (χ4n) is 1.90. The van der Waals surface area contributed by atoms with E-state index < -0.39 is 16.0 Å². The fourth-order valence-corrected chi connectivity index (χ4v) is 3.50. The van der Waals surface area contributed by atoms with Crippen molar-refractivity contribution in [2.45, 2.75) is 11.3 Å². The van der Waals surface area contributed by atoms with Crippen molar-refractivity contribution in [2.24, 2.45) is 0 Å². The quantitative estimate of drug-likeness (QED) is 0.754. The lowest BCUT2D eigenvalue weighted by atomic mass is 10.2. The summed E-state index contributed by atoms with van der Waals surface area (Å²) >= 11 is 8.87. The van der Waals surface area contributed by atoms with E-state index in [0.29, 0.717) is 15.9 Å². The van der Waals surface area contributed by atoms with Gasteiger partial charge in [0, 0.05) is 16.0 Å². The Hall–Kier alpha value is -1.41. The van der Waals surface area contributed by atoms with Crippen LogP contribution in [0.4, 0.5) is 0 Å². The van der Waals surface area contributed by atoms with Crippen molar-refractivity contribution in [1.29, 1.82) is 0 Å². The number of sulfonamides is 1. The number of benzene rings is 2. The first-order chi connectivity index (χ1) is 10.8. The lowest BCUT2D eigenvalue weighted by Crippen LogP contribution is -2.26. The van der Waals surface area contributed by atoms with Crippen LogP contribution in [0.25, 0.3) is 0 Å². The van der Waals surface area contributed by atoms with E-state index in [2.05, 4.69) is 20.7 Å². The lowest BCUT2D eigenvalue weighted by molar-refractivity contribution is 0.0695. The molecule has 23 heavy (non-hydrogen) atoms. The van der Waals surface area contributed by atoms with Gasteiger partial charge in [-0.2, -0.15) is 0 Å². The van der Waals surface area contributed by atoms with Gasteiger partial charge in [0.05, 0.1) is 10.5 Å². The molecule has 5 nitrogen and oxygen atoms in total. The molecule has 0 aliphatic heterocycles. The maximum absolute atomic E-state index is 12.2. The molecule has 0 atom stereocenters. The summed E-state index contributed by atoms with van der Waals surface area (Å²) in [7, 11) is -3.77. The van der Waals surface area contributed by atoms with E-state index >= 15 is 0 Å². The molecule has 0 radical (unpaired) electrons. The molecule has 0 saturated carbocycles. The lowest BCUT2D eigenvalue weighted by Gasteiger charge is -2.08. The SMILES string of the molecule is O=C(O)c1cc(S(=O)(=O)NCCc2ccc(Cl)cc2)ccc1Br. The van der Waals surface area contributed by atoms with Crippen molar-refractivity contribution in [3.63, 3.8) is 0 Å². The Balaban J connectivity index is 2.08. The number of rotatable bonds is 6. The highest BCUT2D eigenvalue weighted by Gasteiger charge is 2.17. The molecule has 0 aromatic heterocycles.